The lowest BCUT2D eigenvalue weighted by atomic mass is 9.99. The highest BCUT2D eigenvalue weighted by atomic mass is 16.5. The Morgan fingerprint density at radius 3 is 2.90 bits per heavy atom. The molecule has 1 fully saturated rings. The van der Waals surface area contributed by atoms with Crippen LogP contribution in [0, 0.1) is 12.8 Å². The highest BCUT2D eigenvalue weighted by molar-refractivity contribution is 6.02. The summed E-state index contributed by atoms with van der Waals surface area (Å²) in [7, 11) is 0. The average molecular weight is 393 g/mol. The highest BCUT2D eigenvalue weighted by Gasteiger charge is 2.30. The van der Waals surface area contributed by atoms with E-state index in [2.05, 4.69) is 15.6 Å². The van der Waals surface area contributed by atoms with Crippen LogP contribution in [0.25, 0.3) is 11.3 Å². The molecule has 2 amide bonds. The Balaban J connectivity index is 1.50. The van der Waals surface area contributed by atoms with E-state index in [1.54, 1.807) is 11.1 Å². The summed E-state index contributed by atoms with van der Waals surface area (Å²) in [6.45, 7) is 4.34. The summed E-state index contributed by atoms with van der Waals surface area (Å²) in [5, 5.41) is 5.98. The van der Waals surface area contributed by atoms with Gasteiger partial charge in [0, 0.05) is 31.0 Å². The van der Waals surface area contributed by atoms with Crippen molar-refractivity contribution in [3.8, 4) is 11.3 Å². The molecule has 29 heavy (non-hydrogen) atoms. The number of hydrogen-bond acceptors (Lipinski definition) is 6. The number of aryl methyl sites for hydroxylation is 1. The first-order valence-corrected chi connectivity index (χ1v) is 10.0. The fourth-order valence-corrected chi connectivity index (χ4v) is 4.25. The van der Waals surface area contributed by atoms with Gasteiger partial charge in [-0.05, 0) is 48.9 Å². The molecular formula is C21H23N5O3. The van der Waals surface area contributed by atoms with Crippen molar-refractivity contribution in [2.45, 2.75) is 26.2 Å². The molecule has 5 rings (SSSR count). The van der Waals surface area contributed by atoms with Gasteiger partial charge in [-0.2, -0.15) is 0 Å². The molecule has 2 aromatic rings. The van der Waals surface area contributed by atoms with Gasteiger partial charge >= 0.3 is 0 Å². The van der Waals surface area contributed by atoms with Gasteiger partial charge in [0.2, 0.25) is 11.8 Å². The zero-order chi connectivity index (χ0) is 20.0. The van der Waals surface area contributed by atoms with E-state index in [0.29, 0.717) is 36.2 Å². The molecule has 1 aromatic heterocycles. The normalized spacial score (nSPS) is 18.9. The summed E-state index contributed by atoms with van der Waals surface area (Å²) >= 11 is 0. The number of nitrogens with one attached hydrogen (secondary N) is 2. The lowest BCUT2D eigenvalue weighted by molar-refractivity contribution is -0.117. The van der Waals surface area contributed by atoms with Crippen LogP contribution < -0.4 is 15.5 Å². The summed E-state index contributed by atoms with van der Waals surface area (Å²) in [4.78, 5) is 35.5. The van der Waals surface area contributed by atoms with E-state index in [1.165, 1.54) is 0 Å². The van der Waals surface area contributed by atoms with Gasteiger partial charge in [0.25, 0.3) is 0 Å². The first-order valence-electron chi connectivity index (χ1n) is 10.0. The molecule has 4 heterocycles. The zero-order valence-corrected chi connectivity index (χ0v) is 16.3. The second-order valence-corrected chi connectivity index (χ2v) is 7.89. The van der Waals surface area contributed by atoms with Gasteiger partial charge in [0.05, 0.1) is 24.9 Å². The predicted molar refractivity (Wildman–Crippen MR) is 109 cm³/mol. The molecule has 1 aromatic carbocycles. The maximum absolute atomic E-state index is 12.6. The van der Waals surface area contributed by atoms with Crippen LogP contribution in [0.1, 0.15) is 24.0 Å². The number of anilines is 3. The second kappa shape index (κ2) is 7.11. The minimum absolute atomic E-state index is 0.00726. The van der Waals surface area contributed by atoms with E-state index in [-0.39, 0.29) is 18.4 Å². The fourth-order valence-electron chi connectivity index (χ4n) is 4.25. The summed E-state index contributed by atoms with van der Waals surface area (Å²) in [5.74, 6) is 1.63. The van der Waals surface area contributed by atoms with Crippen molar-refractivity contribution in [3.63, 3.8) is 0 Å². The van der Waals surface area contributed by atoms with E-state index in [1.807, 2.05) is 19.1 Å². The minimum Gasteiger partial charge on any atom is -0.381 e. The Morgan fingerprint density at radius 1 is 1.24 bits per heavy atom. The standard InChI is InChI=1S/C21H23N5O3/c1-12-6-14(7-16-15(12)8-18(27)24-16)17-9-22-20-21(25-17)26(19(28)10-23-20)11-13-2-4-29-5-3-13/h6-7,9,13H,2-5,8,10-11H2,1H3,(H,22,23)(H,24,27). The fraction of sp³-hybridized carbons (Fsp3) is 0.429. The summed E-state index contributed by atoms with van der Waals surface area (Å²) in [6, 6.07) is 3.96. The monoisotopic (exact) mass is 393 g/mol. The van der Waals surface area contributed by atoms with Gasteiger partial charge in [-0.15, -0.1) is 0 Å². The number of ether oxygens (including phenoxy) is 1. The smallest absolute Gasteiger partial charge is 0.247 e. The van der Waals surface area contributed by atoms with Crippen LogP contribution in [0.4, 0.5) is 17.3 Å². The van der Waals surface area contributed by atoms with Crippen molar-refractivity contribution in [1.29, 1.82) is 0 Å². The van der Waals surface area contributed by atoms with E-state index < -0.39 is 0 Å². The SMILES string of the molecule is Cc1cc(-c2cnc3c(n2)N(CC2CCOCC2)C(=O)CN3)cc2c1CC(=O)N2. The number of rotatable bonds is 3. The Kier molecular flexibility index (Phi) is 4.43. The molecule has 0 unspecified atom stereocenters. The zero-order valence-electron chi connectivity index (χ0n) is 16.3. The van der Waals surface area contributed by atoms with Gasteiger partial charge in [0.1, 0.15) is 0 Å². The lowest BCUT2D eigenvalue weighted by Crippen LogP contribution is -2.44. The van der Waals surface area contributed by atoms with Crippen LogP contribution in [-0.4, -0.2) is 48.1 Å². The van der Waals surface area contributed by atoms with Crippen LogP contribution in [0.5, 0.6) is 0 Å². The number of benzene rings is 1. The van der Waals surface area contributed by atoms with Gasteiger partial charge in [-0.25, -0.2) is 9.97 Å². The third-order valence-electron chi connectivity index (χ3n) is 5.88. The van der Waals surface area contributed by atoms with Crippen molar-refractivity contribution >= 4 is 29.1 Å². The number of fused-ring (bicyclic) bond motifs is 2. The maximum Gasteiger partial charge on any atom is 0.247 e. The van der Waals surface area contributed by atoms with Gasteiger partial charge in [-0.3, -0.25) is 14.5 Å². The molecule has 0 spiro atoms. The Labute approximate surface area is 168 Å². The topological polar surface area (TPSA) is 96.4 Å². The summed E-state index contributed by atoms with van der Waals surface area (Å²) in [6.07, 6.45) is 4.02. The van der Waals surface area contributed by atoms with Crippen LogP contribution in [0.15, 0.2) is 18.3 Å². The van der Waals surface area contributed by atoms with Gasteiger partial charge in [0.15, 0.2) is 11.6 Å². The molecular weight excluding hydrogens is 370 g/mol. The number of carbonyl (C=O) groups is 2. The van der Waals surface area contributed by atoms with Crippen LogP contribution >= 0.6 is 0 Å². The molecule has 2 N–H and O–H groups in total. The summed E-state index contributed by atoms with van der Waals surface area (Å²) in [5.41, 5.74) is 4.47. The predicted octanol–water partition coefficient (Wildman–Crippen LogP) is 2.13. The van der Waals surface area contributed by atoms with Gasteiger partial charge < -0.3 is 15.4 Å². The van der Waals surface area contributed by atoms with E-state index in [9.17, 15) is 9.59 Å². The molecule has 8 nitrogen and oxygen atoms in total. The second-order valence-electron chi connectivity index (χ2n) is 7.89. The molecule has 0 radical (unpaired) electrons. The van der Waals surface area contributed by atoms with Crippen LogP contribution in [0.3, 0.4) is 0 Å². The molecule has 8 heteroatoms. The third-order valence-corrected chi connectivity index (χ3v) is 5.88. The number of carbonyl (C=O) groups excluding carboxylic acids is 2. The number of hydrogen-bond donors (Lipinski definition) is 2. The third kappa shape index (κ3) is 3.33. The van der Waals surface area contributed by atoms with Crippen LogP contribution in [0.2, 0.25) is 0 Å². The van der Waals surface area contributed by atoms with Crippen molar-refractivity contribution < 1.29 is 14.3 Å². The van der Waals surface area contributed by atoms with Crippen LogP contribution in [-0.2, 0) is 20.7 Å². The highest BCUT2D eigenvalue weighted by Crippen LogP contribution is 2.34. The lowest BCUT2D eigenvalue weighted by Gasteiger charge is -2.33. The largest absolute Gasteiger partial charge is 0.381 e. The maximum atomic E-state index is 12.6. The number of amides is 2. The van der Waals surface area contributed by atoms with Crippen molar-refractivity contribution in [1.82, 2.24) is 9.97 Å². The summed E-state index contributed by atoms with van der Waals surface area (Å²) < 4.78 is 5.44. The quantitative estimate of drug-likeness (QED) is 0.829. The molecule has 0 bridgehead atoms. The first kappa shape index (κ1) is 18.1. The van der Waals surface area contributed by atoms with E-state index in [4.69, 9.17) is 9.72 Å². The Bertz CT molecular complexity index is 1000. The molecule has 1 saturated heterocycles. The molecule has 150 valence electrons. The van der Waals surface area contributed by atoms with Crippen molar-refractivity contribution in [2.75, 3.05) is 41.8 Å². The molecule has 0 aliphatic carbocycles. The molecule has 0 saturated carbocycles. The van der Waals surface area contributed by atoms with Gasteiger partial charge in [-0.1, -0.05) is 0 Å². The van der Waals surface area contributed by atoms with Crippen molar-refractivity contribution in [3.05, 3.63) is 29.5 Å². The molecule has 3 aliphatic rings. The average Bonchev–Trinajstić information content (AvgIpc) is 3.11. The van der Waals surface area contributed by atoms with E-state index >= 15 is 0 Å². The first-order chi connectivity index (χ1) is 14.1. The Hall–Kier alpha value is -3.00. The van der Waals surface area contributed by atoms with Crippen molar-refractivity contribution in [2.24, 2.45) is 5.92 Å². The molecule has 0 atom stereocenters. The van der Waals surface area contributed by atoms with E-state index in [0.717, 1.165) is 48.4 Å². The minimum atomic E-state index is 0.00726. The molecule has 3 aliphatic heterocycles. The Morgan fingerprint density at radius 2 is 2.07 bits per heavy atom. The number of aromatic nitrogens is 2. The number of nitrogens with zero attached hydrogens (tertiary/aromatic N) is 3.